The standard InChI is InChI=1S/C12H24N2/c1-10(11-5-3-2-4-6-11)14-12-7-8-13-9-12/h10-14H,2-9H2,1H3/t10-,12?/m0/s1. The molecule has 2 atom stereocenters. The van der Waals surface area contributed by atoms with E-state index >= 15 is 0 Å². The lowest BCUT2D eigenvalue weighted by atomic mass is 9.84. The summed E-state index contributed by atoms with van der Waals surface area (Å²) in [6.07, 6.45) is 8.60. The Bertz CT molecular complexity index is 158. The molecule has 2 nitrogen and oxygen atoms in total. The van der Waals surface area contributed by atoms with Gasteiger partial charge in [0, 0.05) is 18.6 Å². The normalized spacial score (nSPS) is 31.9. The van der Waals surface area contributed by atoms with Crippen LogP contribution in [0.4, 0.5) is 0 Å². The van der Waals surface area contributed by atoms with Crippen LogP contribution >= 0.6 is 0 Å². The predicted octanol–water partition coefficient (Wildman–Crippen LogP) is 1.91. The van der Waals surface area contributed by atoms with Gasteiger partial charge >= 0.3 is 0 Å². The monoisotopic (exact) mass is 196 g/mol. The molecule has 2 N–H and O–H groups in total. The lowest BCUT2D eigenvalue weighted by molar-refractivity contribution is 0.267. The molecule has 1 aliphatic heterocycles. The molecule has 0 amide bonds. The maximum atomic E-state index is 3.79. The van der Waals surface area contributed by atoms with Gasteiger partial charge < -0.3 is 10.6 Å². The number of hydrogen-bond acceptors (Lipinski definition) is 2. The molecular formula is C12H24N2. The summed E-state index contributed by atoms with van der Waals surface area (Å²) in [7, 11) is 0. The smallest absolute Gasteiger partial charge is 0.0207 e. The molecule has 0 spiro atoms. The van der Waals surface area contributed by atoms with E-state index in [9.17, 15) is 0 Å². The summed E-state index contributed by atoms with van der Waals surface area (Å²) in [6.45, 7) is 4.76. The lowest BCUT2D eigenvalue weighted by Crippen LogP contribution is -2.42. The summed E-state index contributed by atoms with van der Waals surface area (Å²) in [6, 6.07) is 1.48. The Balaban J connectivity index is 1.72. The van der Waals surface area contributed by atoms with Gasteiger partial charge in [-0.2, -0.15) is 0 Å². The molecular weight excluding hydrogens is 172 g/mol. The van der Waals surface area contributed by atoms with Crippen molar-refractivity contribution < 1.29 is 0 Å². The van der Waals surface area contributed by atoms with Crippen LogP contribution in [0.2, 0.25) is 0 Å². The molecule has 2 aliphatic rings. The average molecular weight is 196 g/mol. The van der Waals surface area contributed by atoms with Crippen molar-refractivity contribution >= 4 is 0 Å². The van der Waals surface area contributed by atoms with E-state index in [1.54, 1.807) is 0 Å². The second-order valence-corrected chi connectivity index (χ2v) is 5.04. The Morgan fingerprint density at radius 1 is 1.14 bits per heavy atom. The van der Waals surface area contributed by atoms with Crippen molar-refractivity contribution in [3.63, 3.8) is 0 Å². The van der Waals surface area contributed by atoms with Crippen molar-refractivity contribution in [3.8, 4) is 0 Å². The first-order chi connectivity index (χ1) is 6.86. The molecule has 1 saturated carbocycles. The summed E-state index contributed by atoms with van der Waals surface area (Å²) >= 11 is 0. The van der Waals surface area contributed by atoms with E-state index in [-0.39, 0.29) is 0 Å². The van der Waals surface area contributed by atoms with Crippen LogP contribution in [0.3, 0.4) is 0 Å². The molecule has 0 aromatic heterocycles. The SMILES string of the molecule is C[C@H](NC1CCNC1)C1CCCCC1. The maximum absolute atomic E-state index is 3.79. The molecule has 1 heterocycles. The van der Waals surface area contributed by atoms with E-state index in [1.807, 2.05) is 0 Å². The van der Waals surface area contributed by atoms with Crippen LogP contribution < -0.4 is 10.6 Å². The third-order valence-corrected chi connectivity index (χ3v) is 3.92. The van der Waals surface area contributed by atoms with Crippen molar-refractivity contribution in [2.24, 2.45) is 5.92 Å². The van der Waals surface area contributed by atoms with Crippen LogP contribution in [0.15, 0.2) is 0 Å². The second-order valence-electron chi connectivity index (χ2n) is 5.04. The molecule has 0 aromatic carbocycles. The Kier molecular flexibility index (Phi) is 3.82. The first kappa shape index (κ1) is 10.4. The van der Waals surface area contributed by atoms with E-state index in [1.165, 1.54) is 51.6 Å². The molecule has 1 unspecified atom stereocenters. The predicted molar refractivity (Wildman–Crippen MR) is 60.4 cm³/mol. The molecule has 82 valence electrons. The van der Waals surface area contributed by atoms with Crippen LogP contribution in [0.5, 0.6) is 0 Å². The lowest BCUT2D eigenvalue weighted by Gasteiger charge is -2.30. The second kappa shape index (κ2) is 5.13. The summed E-state index contributed by atoms with van der Waals surface area (Å²) in [4.78, 5) is 0. The molecule has 0 aromatic rings. The third kappa shape index (κ3) is 2.71. The van der Waals surface area contributed by atoms with Crippen LogP contribution in [0.1, 0.15) is 45.4 Å². The van der Waals surface area contributed by atoms with E-state index < -0.39 is 0 Å². The molecule has 0 bridgehead atoms. The minimum Gasteiger partial charge on any atom is -0.315 e. The third-order valence-electron chi connectivity index (χ3n) is 3.92. The molecule has 14 heavy (non-hydrogen) atoms. The van der Waals surface area contributed by atoms with Crippen LogP contribution in [-0.4, -0.2) is 25.2 Å². The Hall–Kier alpha value is -0.0800. The van der Waals surface area contributed by atoms with E-state index in [0.29, 0.717) is 0 Å². The van der Waals surface area contributed by atoms with Gasteiger partial charge in [-0.25, -0.2) is 0 Å². The van der Waals surface area contributed by atoms with Crippen LogP contribution in [0.25, 0.3) is 0 Å². The van der Waals surface area contributed by atoms with Gasteiger partial charge in [0.25, 0.3) is 0 Å². The topological polar surface area (TPSA) is 24.1 Å². The average Bonchev–Trinajstić information content (AvgIpc) is 2.72. The highest BCUT2D eigenvalue weighted by molar-refractivity contribution is 4.83. The fourth-order valence-corrected chi connectivity index (χ4v) is 2.94. The highest BCUT2D eigenvalue weighted by Crippen LogP contribution is 2.26. The van der Waals surface area contributed by atoms with Crippen LogP contribution in [0, 0.1) is 5.92 Å². The number of rotatable bonds is 3. The molecule has 2 heteroatoms. The largest absolute Gasteiger partial charge is 0.315 e. The number of nitrogens with one attached hydrogen (secondary N) is 2. The highest BCUT2D eigenvalue weighted by atomic mass is 15.0. The van der Waals surface area contributed by atoms with E-state index in [2.05, 4.69) is 17.6 Å². The first-order valence-electron chi connectivity index (χ1n) is 6.33. The summed E-state index contributed by atoms with van der Waals surface area (Å²) in [5.74, 6) is 0.948. The van der Waals surface area contributed by atoms with Gasteiger partial charge in [0.15, 0.2) is 0 Å². The van der Waals surface area contributed by atoms with Crippen molar-refractivity contribution in [1.82, 2.24) is 10.6 Å². The van der Waals surface area contributed by atoms with E-state index in [0.717, 1.165) is 18.0 Å². The zero-order valence-electron chi connectivity index (χ0n) is 9.39. The van der Waals surface area contributed by atoms with Crippen molar-refractivity contribution in [1.29, 1.82) is 0 Å². The zero-order valence-corrected chi connectivity index (χ0v) is 9.39. The van der Waals surface area contributed by atoms with Crippen molar-refractivity contribution in [2.45, 2.75) is 57.5 Å². The van der Waals surface area contributed by atoms with Gasteiger partial charge in [-0.05, 0) is 38.6 Å². The maximum Gasteiger partial charge on any atom is 0.0207 e. The molecule has 1 aliphatic carbocycles. The van der Waals surface area contributed by atoms with Crippen molar-refractivity contribution in [2.75, 3.05) is 13.1 Å². The van der Waals surface area contributed by atoms with Gasteiger partial charge in [-0.1, -0.05) is 19.3 Å². The quantitative estimate of drug-likeness (QED) is 0.720. The fraction of sp³-hybridized carbons (Fsp3) is 1.00. The number of hydrogen-bond donors (Lipinski definition) is 2. The van der Waals surface area contributed by atoms with Gasteiger partial charge in [0.05, 0.1) is 0 Å². The Morgan fingerprint density at radius 2 is 1.93 bits per heavy atom. The molecule has 0 radical (unpaired) electrons. The minimum absolute atomic E-state index is 0.736. The van der Waals surface area contributed by atoms with Gasteiger partial charge in [0.1, 0.15) is 0 Å². The van der Waals surface area contributed by atoms with Crippen LogP contribution in [-0.2, 0) is 0 Å². The Morgan fingerprint density at radius 3 is 2.57 bits per heavy atom. The Labute approximate surface area is 87.8 Å². The van der Waals surface area contributed by atoms with Gasteiger partial charge in [-0.3, -0.25) is 0 Å². The molecule has 1 saturated heterocycles. The minimum atomic E-state index is 0.736. The molecule has 2 fully saturated rings. The van der Waals surface area contributed by atoms with E-state index in [4.69, 9.17) is 0 Å². The summed E-state index contributed by atoms with van der Waals surface area (Å²) < 4.78 is 0. The van der Waals surface area contributed by atoms with Gasteiger partial charge in [-0.15, -0.1) is 0 Å². The first-order valence-corrected chi connectivity index (χ1v) is 6.33. The zero-order chi connectivity index (χ0) is 9.80. The summed E-state index contributed by atoms with van der Waals surface area (Å²) in [5, 5.41) is 7.20. The van der Waals surface area contributed by atoms with Crippen molar-refractivity contribution in [3.05, 3.63) is 0 Å². The fourth-order valence-electron chi connectivity index (χ4n) is 2.94. The molecule has 2 rings (SSSR count). The summed E-state index contributed by atoms with van der Waals surface area (Å²) in [5.41, 5.74) is 0. The van der Waals surface area contributed by atoms with Gasteiger partial charge in [0.2, 0.25) is 0 Å². The highest BCUT2D eigenvalue weighted by Gasteiger charge is 2.23.